The van der Waals surface area contributed by atoms with Crippen molar-refractivity contribution in [3.63, 3.8) is 0 Å². The van der Waals surface area contributed by atoms with Crippen LogP contribution in [0.5, 0.6) is 11.5 Å². The first-order valence-electron chi connectivity index (χ1n) is 9.89. The Balaban J connectivity index is 1.39. The van der Waals surface area contributed by atoms with Crippen LogP contribution in [0.1, 0.15) is 41.2 Å². The molecule has 1 aromatic heterocycles. The highest BCUT2D eigenvalue weighted by atomic mass is 16.5. The molecular weight excluding hydrogens is 358 g/mol. The summed E-state index contributed by atoms with van der Waals surface area (Å²) in [6.07, 6.45) is 4.83. The van der Waals surface area contributed by atoms with Gasteiger partial charge >= 0.3 is 0 Å². The van der Waals surface area contributed by atoms with Gasteiger partial charge in [-0.1, -0.05) is 6.07 Å². The summed E-state index contributed by atoms with van der Waals surface area (Å²) in [6.45, 7) is 5.91. The molecule has 2 saturated heterocycles. The van der Waals surface area contributed by atoms with Crippen LogP contribution >= 0.6 is 0 Å². The maximum absolute atomic E-state index is 12.9. The van der Waals surface area contributed by atoms with Gasteiger partial charge in [0.2, 0.25) is 5.89 Å². The van der Waals surface area contributed by atoms with E-state index in [-0.39, 0.29) is 12.5 Å². The Hall–Kier alpha value is -2.54. The van der Waals surface area contributed by atoms with Crippen molar-refractivity contribution in [2.24, 2.45) is 0 Å². The Morgan fingerprint density at radius 3 is 2.96 bits per heavy atom. The molecule has 4 rings (SSSR count). The molecule has 7 nitrogen and oxygen atoms in total. The molecule has 0 aliphatic carbocycles. The molecule has 2 aliphatic heterocycles. The van der Waals surface area contributed by atoms with Crippen LogP contribution in [0.25, 0.3) is 0 Å². The molecule has 0 radical (unpaired) electrons. The lowest BCUT2D eigenvalue weighted by molar-refractivity contribution is 0.0737. The van der Waals surface area contributed by atoms with Gasteiger partial charge in [0, 0.05) is 25.7 Å². The van der Waals surface area contributed by atoms with Crippen LogP contribution in [-0.2, 0) is 6.61 Å². The summed E-state index contributed by atoms with van der Waals surface area (Å²) in [5.41, 5.74) is 1.44. The molecule has 0 saturated carbocycles. The van der Waals surface area contributed by atoms with Gasteiger partial charge in [0.05, 0.1) is 7.11 Å². The molecule has 1 aromatic carbocycles. The number of oxazole rings is 1. The van der Waals surface area contributed by atoms with Gasteiger partial charge in [-0.2, -0.15) is 0 Å². The minimum absolute atomic E-state index is 0.0586. The second kappa shape index (κ2) is 8.22. The molecule has 150 valence electrons. The molecule has 2 fully saturated rings. The molecule has 3 heterocycles. The Morgan fingerprint density at radius 1 is 1.25 bits per heavy atom. The van der Waals surface area contributed by atoms with Crippen molar-refractivity contribution in [2.45, 2.75) is 38.8 Å². The lowest BCUT2D eigenvalue weighted by atomic mass is 10.2. The first-order valence-corrected chi connectivity index (χ1v) is 9.89. The van der Waals surface area contributed by atoms with Gasteiger partial charge in [0.15, 0.2) is 23.8 Å². The van der Waals surface area contributed by atoms with Crippen molar-refractivity contribution in [2.75, 3.05) is 33.3 Å². The summed E-state index contributed by atoms with van der Waals surface area (Å²) in [5, 5.41) is 0. The number of hydrogen-bond donors (Lipinski definition) is 0. The number of benzene rings is 1. The van der Waals surface area contributed by atoms with Gasteiger partial charge in [-0.05, 0) is 50.4 Å². The number of fused-ring (bicyclic) bond motifs is 1. The van der Waals surface area contributed by atoms with Crippen LogP contribution in [0.2, 0.25) is 0 Å². The number of carbonyl (C=O) groups is 1. The van der Waals surface area contributed by atoms with Crippen LogP contribution in [0, 0.1) is 6.92 Å². The van der Waals surface area contributed by atoms with E-state index in [9.17, 15) is 4.79 Å². The highest BCUT2D eigenvalue weighted by molar-refractivity contribution is 5.92. The fourth-order valence-corrected chi connectivity index (χ4v) is 4.06. The minimum Gasteiger partial charge on any atom is -0.493 e. The zero-order chi connectivity index (χ0) is 19.5. The Labute approximate surface area is 165 Å². The van der Waals surface area contributed by atoms with Gasteiger partial charge in [-0.3, -0.25) is 9.69 Å². The van der Waals surface area contributed by atoms with E-state index in [0.717, 1.165) is 38.2 Å². The third-order valence-corrected chi connectivity index (χ3v) is 5.53. The van der Waals surface area contributed by atoms with E-state index in [1.54, 1.807) is 7.11 Å². The number of aromatic nitrogens is 1. The number of amides is 1. The van der Waals surface area contributed by atoms with E-state index in [1.807, 2.05) is 30.0 Å². The maximum Gasteiger partial charge on any atom is 0.275 e. The standard InChI is InChI=1S/C21H27N3O4/c1-15-6-7-18(19(11-15)26-2)27-14-20-22-17(13-28-20)21(25)24-10-4-9-23-8-3-5-16(23)12-24/h6-7,11,13,16H,3-5,8-10,12,14H2,1-2H3/t16-/m0/s1. The lowest BCUT2D eigenvalue weighted by Gasteiger charge is -2.25. The first-order chi connectivity index (χ1) is 13.6. The van der Waals surface area contributed by atoms with E-state index < -0.39 is 0 Å². The second-order valence-corrected chi connectivity index (χ2v) is 7.51. The number of rotatable bonds is 5. The SMILES string of the molecule is COc1cc(C)ccc1OCc1nc(C(=O)N2CCCN3CCC[C@H]3C2)co1. The summed E-state index contributed by atoms with van der Waals surface area (Å²) in [7, 11) is 1.61. The third kappa shape index (κ3) is 3.99. The zero-order valence-corrected chi connectivity index (χ0v) is 16.5. The van der Waals surface area contributed by atoms with Crippen molar-refractivity contribution >= 4 is 5.91 Å². The summed E-state index contributed by atoms with van der Waals surface area (Å²) in [5.74, 6) is 1.60. The van der Waals surface area contributed by atoms with E-state index in [1.165, 1.54) is 19.1 Å². The molecule has 7 heteroatoms. The molecule has 2 aromatic rings. The average Bonchev–Trinajstić information content (AvgIpc) is 3.31. The number of methoxy groups -OCH3 is 1. The Morgan fingerprint density at radius 2 is 2.11 bits per heavy atom. The fourth-order valence-electron chi connectivity index (χ4n) is 4.06. The monoisotopic (exact) mass is 385 g/mol. The van der Waals surface area contributed by atoms with Gasteiger partial charge in [0.25, 0.3) is 5.91 Å². The van der Waals surface area contributed by atoms with E-state index in [2.05, 4.69) is 9.88 Å². The summed E-state index contributed by atoms with van der Waals surface area (Å²) >= 11 is 0. The van der Waals surface area contributed by atoms with Crippen molar-refractivity contribution in [3.05, 3.63) is 41.6 Å². The number of aryl methyl sites for hydroxylation is 1. The topological polar surface area (TPSA) is 68.0 Å². The fraction of sp³-hybridized carbons (Fsp3) is 0.524. The molecule has 0 bridgehead atoms. The van der Waals surface area contributed by atoms with Gasteiger partial charge in [-0.15, -0.1) is 0 Å². The minimum atomic E-state index is -0.0586. The quantitative estimate of drug-likeness (QED) is 0.788. The Bertz CT molecular complexity index is 835. The van der Waals surface area contributed by atoms with E-state index in [4.69, 9.17) is 13.9 Å². The summed E-state index contributed by atoms with van der Waals surface area (Å²) in [6, 6.07) is 6.20. The molecule has 0 spiro atoms. The summed E-state index contributed by atoms with van der Waals surface area (Å²) in [4.78, 5) is 21.7. The largest absolute Gasteiger partial charge is 0.493 e. The van der Waals surface area contributed by atoms with Gasteiger partial charge < -0.3 is 18.8 Å². The van der Waals surface area contributed by atoms with Crippen molar-refractivity contribution in [1.82, 2.24) is 14.8 Å². The molecule has 1 amide bonds. The maximum atomic E-state index is 12.9. The zero-order valence-electron chi connectivity index (χ0n) is 16.5. The predicted octanol–water partition coefficient (Wildman–Crippen LogP) is 2.88. The highest BCUT2D eigenvalue weighted by Crippen LogP contribution is 2.28. The number of hydrogen-bond acceptors (Lipinski definition) is 6. The van der Waals surface area contributed by atoms with Crippen molar-refractivity contribution in [3.8, 4) is 11.5 Å². The normalized spacial score (nSPS) is 19.9. The molecule has 28 heavy (non-hydrogen) atoms. The molecule has 2 aliphatic rings. The molecule has 0 unspecified atom stereocenters. The smallest absolute Gasteiger partial charge is 0.275 e. The van der Waals surface area contributed by atoms with Crippen molar-refractivity contribution in [1.29, 1.82) is 0 Å². The van der Waals surface area contributed by atoms with Gasteiger partial charge in [-0.25, -0.2) is 4.98 Å². The number of nitrogens with zero attached hydrogens (tertiary/aromatic N) is 3. The summed E-state index contributed by atoms with van der Waals surface area (Å²) < 4.78 is 16.6. The molecule has 0 N–H and O–H groups in total. The van der Waals surface area contributed by atoms with Crippen LogP contribution < -0.4 is 9.47 Å². The van der Waals surface area contributed by atoms with Gasteiger partial charge in [0.1, 0.15) is 6.26 Å². The second-order valence-electron chi connectivity index (χ2n) is 7.51. The molecule has 1 atom stereocenters. The van der Waals surface area contributed by atoms with Crippen LogP contribution in [-0.4, -0.2) is 60.0 Å². The van der Waals surface area contributed by atoms with E-state index >= 15 is 0 Å². The van der Waals surface area contributed by atoms with Crippen LogP contribution in [0.3, 0.4) is 0 Å². The first kappa shape index (κ1) is 18.8. The third-order valence-electron chi connectivity index (χ3n) is 5.53. The number of ether oxygens (including phenoxy) is 2. The number of carbonyl (C=O) groups excluding carboxylic acids is 1. The van der Waals surface area contributed by atoms with Crippen LogP contribution in [0.15, 0.2) is 28.9 Å². The van der Waals surface area contributed by atoms with Crippen molar-refractivity contribution < 1.29 is 18.7 Å². The van der Waals surface area contributed by atoms with E-state index in [0.29, 0.717) is 29.1 Å². The highest BCUT2D eigenvalue weighted by Gasteiger charge is 2.31. The lowest BCUT2D eigenvalue weighted by Crippen LogP contribution is -2.39. The van der Waals surface area contributed by atoms with Crippen LogP contribution in [0.4, 0.5) is 0 Å². The average molecular weight is 385 g/mol. The predicted molar refractivity (Wildman–Crippen MR) is 104 cm³/mol. The molecular formula is C21H27N3O4. The Kier molecular flexibility index (Phi) is 5.52.